The van der Waals surface area contributed by atoms with Crippen molar-refractivity contribution in [3.8, 4) is 11.1 Å². The minimum Gasteiger partial charge on any atom is -0.478 e. The Kier molecular flexibility index (Phi) is 2.82. The van der Waals surface area contributed by atoms with Crippen LogP contribution in [-0.2, 0) is 12.8 Å². The third kappa shape index (κ3) is 2.12. The Balaban J connectivity index is 2.03. The summed E-state index contributed by atoms with van der Waals surface area (Å²) in [6.07, 6.45) is 3.35. The van der Waals surface area contributed by atoms with E-state index in [9.17, 15) is 9.18 Å². The molecule has 2 aromatic carbocycles. The lowest BCUT2D eigenvalue weighted by Crippen LogP contribution is -2.00. The number of carbonyl (C=O) groups is 1. The Morgan fingerprint density at radius 2 is 1.68 bits per heavy atom. The number of rotatable bonds is 2. The average Bonchev–Trinajstić information content (AvgIpc) is 2.85. The summed E-state index contributed by atoms with van der Waals surface area (Å²) in [6, 6.07) is 10.4. The van der Waals surface area contributed by atoms with Crippen LogP contribution in [0.1, 0.15) is 27.9 Å². The molecule has 19 heavy (non-hydrogen) atoms. The van der Waals surface area contributed by atoms with Crippen LogP contribution in [0.15, 0.2) is 36.4 Å². The number of halogens is 1. The first-order chi connectivity index (χ1) is 9.15. The molecule has 2 nitrogen and oxygen atoms in total. The van der Waals surface area contributed by atoms with Gasteiger partial charge in [-0.2, -0.15) is 0 Å². The van der Waals surface area contributed by atoms with Crippen LogP contribution in [0.2, 0.25) is 0 Å². The summed E-state index contributed by atoms with van der Waals surface area (Å²) < 4.78 is 13.7. The second-order valence-corrected chi connectivity index (χ2v) is 4.84. The molecule has 0 spiro atoms. The first-order valence-electron chi connectivity index (χ1n) is 6.30. The first-order valence-corrected chi connectivity index (χ1v) is 6.30. The maximum absolute atomic E-state index is 13.7. The summed E-state index contributed by atoms with van der Waals surface area (Å²) >= 11 is 0. The molecule has 0 bridgehead atoms. The van der Waals surface area contributed by atoms with Gasteiger partial charge in [0.1, 0.15) is 5.82 Å². The Bertz CT molecular complexity index is 662. The van der Waals surface area contributed by atoms with E-state index in [1.807, 2.05) is 6.07 Å². The predicted octanol–water partition coefficient (Wildman–Crippen LogP) is 3.68. The molecule has 0 heterocycles. The Hall–Kier alpha value is -2.16. The van der Waals surface area contributed by atoms with Gasteiger partial charge < -0.3 is 5.11 Å². The minimum absolute atomic E-state index is 0.287. The maximum atomic E-state index is 13.7. The van der Waals surface area contributed by atoms with Crippen LogP contribution in [0.3, 0.4) is 0 Å². The van der Waals surface area contributed by atoms with E-state index in [1.54, 1.807) is 6.07 Å². The lowest BCUT2D eigenvalue weighted by Gasteiger charge is -2.06. The zero-order valence-corrected chi connectivity index (χ0v) is 10.3. The fraction of sp³-hybridized carbons (Fsp3) is 0.188. The molecule has 96 valence electrons. The van der Waals surface area contributed by atoms with Gasteiger partial charge in [0.15, 0.2) is 0 Å². The van der Waals surface area contributed by atoms with Gasteiger partial charge in [-0.3, -0.25) is 0 Å². The number of aromatic carboxylic acids is 1. The molecule has 0 atom stereocenters. The molecule has 0 radical (unpaired) electrons. The lowest BCUT2D eigenvalue weighted by atomic mass is 9.99. The number of hydrogen-bond donors (Lipinski definition) is 1. The average molecular weight is 256 g/mol. The zero-order chi connectivity index (χ0) is 13.4. The third-order valence-corrected chi connectivity index (χ3v) is 3.63. The monoisotopic (exact) mass is 256 g/mol. The van der Waals surface area contributed by atoms with Crippen molar-refractivity contribution in [2.45, 2.75) is 19.3 Å². The number of carboxylic acid groups (broad SMARTS) is 1. The van der Waals surface area contributed by atoms with E-state index in [0.29, 0.717) is 0 Å². The maximum Gasteiger partial charge on any atom is 0.338 e. The molecule has 2 aromatic rings. The molecule has 0 fully saturated rings. The second kappa shape index (κ2) is 4.50. The third-order valence-electron chi connectivity index (χ3n) is 3.63. The van der Waals surface area contributed by atoms with E-state index in [4.69, 9.17) is 5.11 Å². The zero-order valence-electron chi connectivity index (χ0n) is 10.3. The van der Waals surface area contributed by atoms with Crippen LogP contribution >= 0.6 is 0 Å². The molecule has 0 unspecified atom stereocenters. The van der Waals surface area contributed by atoms with Crippen molar-refractivity contribution in [1.29, 1.82) is 0 Å². The molecule has 0 aliphatic heterocycles. The van der Waals surface area contributed by atoms with Crippen LogP contribution in [0, 0.1) is 5.82 Å². The molecular weight excluding hydrogens is 243 g/mol. The number of carboxylic acids is 1. The van der Waals surface area contributed by atoms with E-state index in [2.05, 4.69) is 12.1 Å². The second-order valence-electron chi connectivity index (χ2n) is 4.84. The summed E-state index contributed by atoms with van der Waals surface area (Å²) in [5.74, 6) is -1.93. The molecule has 0 amide bonds. The number of hydrogen-bond acceptors (Lipinski definition) is 1. The Morgan fingerprint density at radius 3 is 2.42 bits per heavy atom. The Morgan fingerprint density at radius 1 is 1.00 bits per heavy atom. The van der Waals surface area contributed by atoms with Gasteiger partial charge in [-0.1, -0.05) is 24.3 Å². The van der Waals surface area contributed by atoms with E-state index >= 15 is 0 Å². The predicted molar refractivity (Wildman–Crippen MR) is 70.8 cm³/mol. The van der Waals surface area contributed by atoms with Crippen LogP contribution in [0.4, 0.5) is 4.39 Å². The van der Waals surface area contributed by atoms with E-state index in [0.717, 1.165) is 24.0 Å². The molecule has 0 saturated heterocycles. The van der Waals surface area contributed by atoms with Crippen molar-refractivity contribution < 1.29 is 14.3 Å². The van der Waals surface area contributed by atoms with Gasteiger partial charge in [-0.05, 0) is 53.6 Å². The molecule has 1 N–H and O–H groups in total. The van der Waals surface area contributed by atoms with Gasteiger partial charge in [0.25, 0.3) is 0 Å². The highest BCUT2D eigenvalue weighted by Gasteiger charge is 2.14. The van der Waals surface area contributed by atoms with Gasteiger partial charge in [0.2, 0.25) is 0 Å². The molecule has 1 aliphatic rings. The highest BCUT2D eigenvalue weighted by molar-refractivity contribution is 5.88. The first kappa shape index (κ1) is 11.9. The van der Waals surface area contributed by atoms with Crippen molar-refractivity contribution in [1.82, 2.24) is 0 Å². The van der Waals surface area contributed by atoms with Crippen LogP contribution in [0.5, 0.6) is 0 Å². The molecule has 3 heteroatoms. The standard InChI is InChI=1S/C16H13FO2/c17-15-9-13(6-7-14(15)16(18)19)12-5-4-10-2-1-3-11(10)8-12/h4-9H,1-3H2,(H,18,19). The minimum atomic E-state index is -1.24. The van der Waals surface area contributed by atoms with Gasteiger partial charge in [-0.25, -0.2) is 9.18 Å². The van der Waals surface area contributed by atoms with Crippen molar-refractivity contribution in [3.05, 3.63) is 58.9 Å². The highest BCUT2D eigenvalue weighted by Crippen LogP contribution is 2.28. The Labute approximate surface area is 110 Å². The summed E-state index contributed by atoms with van der Waals surface area (Å²) in [4.78, 5) is 10.8. The van der Waals surface area contributed by atoms with Gasteiger partial charge in [0.05, 0.1) is 5.56 Å². The number of benzene rings is 2. The fourth-order valence-corrected chi connectivity index (χ4v) is 2.62. The molecule has 1 aliphatic carbocycles. The van der Waals surface area contributed by atoms with Gasteiger partial charge in [0, 0.05) is 0 Å². The van der Waals surface area contributed by atoms with Gasteiger partial charge in [-0.15, -0.1) is 0 Å². The normalized spacial score (nSPS) is 13.3. The summed E-state index contributed by atoms with van der Waals surface area (Å²) in [7, 11) is 0. The largest absolute Gasteiger partial charge is 0.478 e. The smallest absolute Gasteiger partial charge is 0.338 e. The topological polar surface area (TPSA) is 37.3 Å². The van der Waals surface area contributed by atoms with Crippen molar-refractivity contribution >= 4 is 5.97 Å². The van der Waals surface area contributed by atoms with Crippen LogP contribution in [0.25, 0.3) is 11.1 Å². The van der Waals surface area contributed by atoms with Crippen molar-refractivity contribution in [2.75, 3.05) is 0 Å². The quantitative estimate of drug-likeness (QED) is 0.890. The molecule has 0 saturated carbocycles. The lowest BCUT2D eigenvalue weighted by molar-refractivity contribution is 0.0692. The summed E-state index contributed by atoms with van der Waals surface area (Å²) in [5, 5.41) is 8.81. The van der Waals surface area contributed by atoms with Crippen LogP contribution in [-0.4, -0.2) is 11.1 Å². The summed E-state index contributed by atoms with van der Waals surface area (Å²) in [5.41, 5.74) is 4.06. The van der Waals surface area contributed by atoms with Crippen LogP contribution < -0.4 is 0 Å². The fourth-order valence-electron chi connectivity index (χ4n) is 2.62. The number of aryl methyl sites for hydroxylation is 2. The highest BCUT2D eigenvalue weighted by atomic mass is 19.1. The van der Waals surface area contributed by atoms with Crippen molar-refractivity contribution in [2.24, 2.45) is 0 Å². The summed E-state index contributed by atoms with van der Waals surface area (Å²) in [6.45, 7) is 0. The van der Waals surface area contributed by atoms with E-state index in [1.165, 1.54) is 29.7 Å². The SMILES string of the molecule is O=C(O)c1ccc(-c2ccc3c(c2)CCC3)cc1F. The van der Waals surface area contributed by atoms with E-state index in [-0.39, 0.29) is 5.56 Å². The molecule has 3 rings (SSSR count). The van der Waals surface area contributed by atoms with Crippen molar-refractivity contribution in [3.63, 3.8) is 0 Å². The number of fused-ring (bicyclic) bond motifs is 1. The van der Waals surface area contributed by atoms with E-state index < -0.39 is 11.8 Å². The van der Waals surface area contributed by atoms with Gasteiger partial charge >= 0.3 is 5.97 Å². The molecule has 0 aromatic heterocycles. The molecular formula is C16H13FO2.